The number of hydrogen-bond acceptors (Lipinski definition) is 2. The molecule has 0 aliphatic heterocycles. The van der Waals surface area contributed by atoms with Gasteiger partial charge in [-0.25, -0.2) is 4.39 Å². The van der Waals surface area contributed by atoms with Crippen molar-refractivity contribution in [3.63, 3.8) is 0 Å². The SMILES string of the molecule is CC(Nc1cc(Br)c(F)cc1N)C1CCCC1. The van der Waals surface area contributed by atoms with Gasteiger partial charge < -0.3 is 11.1 Å². The molecule has 0 heterocycles. The van der Waals surface area contributed by atoms with E-state index in [0.29, 0.717) is 22.1 Å². The maximum atomic E-state index is 13.2. The minimum Gasteiger partial charge on any atom is -0.397 e. The maximum Gasteiger partial charge on any atom is 0.139 e. The first-order valence-electron chi connectivity index (χ1n) is 6.09. The summed E-state index contributed by atoms with van der Waals surface area (Å²) in [5, 5.41) is 3.40. The molecule has 2 nitrogen and oxygen atoms in total. The molecule has 4 heteroatoms. The first kappa shape index (κ1) is 12.7. The van der Waals surface area contributed by atoms with Crippen LogP contribution in [-0.2, 0) is 0 Å². The fourth-order valence-corrected chi connectivity index (χ4v) is 2.85. The van der Waals surface area contributed by atoms with Crippen LogP contribution in [0.4, 0.5) is 15.8 Å². The van der Waals surface area contributed by atoms with Gasteiger partial charge in [-0.3, -0.25) is 0 Å². The smallest absolute Gasteiger partial charge is 0.139 e. The van der Waals surface area contributed by atoms with Crippen LogP contribution in [0.25, 0.3) is 0 Å². The summed E-state index contributed by atoms with van der Waals surface area (Å²) in [4.78, 5) is 0. The molecular formula is C13H18BrFN2. The number of nitrogens with two attached hydrogens (primary N) is 1. The Kier molecular flexibility index (Phi) is 3.92. The summed E-state index contributed by atoms with van der Waals surface area (Å²) in [5.74, 6) is 0.389. The molecule has 1 atom stereocenters. The van der Waals surface area contributed by atoms with Crippen LogP contribution in [0.15, 0.2) is 16.6 Å². The molecular weight excluding hydrogens is 283 g/mol. The van der Waals surface area contributed by atoms with Crippen molar-refractivity contribution in [1.82, 2.24) is 0 Å². The van der Waals surface area contributed by atoms with E-state index < -0.39 is 0 Å². The molecule has 1 aliphatic carbocycles. The molecule has 0 amide bonds. The topological polar surface area (TPSA) is 38.0 Å². The predicted octanol–water partition coefficient (Wildman–Crippen LogP) is 4.16. The summed E-state index contributed by atoms with van der Waals surface area (Å²) in [5.41, 5.74) is 7.10. The average molecular weight is 301 g/mol. The van der Waals surface area contributed by atoms with E-state index in [0.717, 1.165) is 5.69 Å². The molecule has 1 aromatic carbocycles. The number of nitrogen functional groups attached to an aromatic ring is 1. The van der Waals surface area contributed by atoms with Crippen molar-refractivity contribution in [2.24, 2.45) is 5.92 Å². The van der Waals surface area contributed by atoms with Gasteiger partial charge in [0.2, 0.25) is 0 Å². The van der Waals surface area contributed by atoms with E-state index in [1.54, 1.807) is 6.07 Å². The van der Waals surface area contributed by atoms with Gasteiger partial charge in [-0.1, -0.05) is 12.8 Å². The lowest BCUT2D eigenvalue weighted by atomic mass is 9.99. The Morgan fingerprint density at radius 2 is 2.06 bits per heavy atom. The lowest BCUT2D eigenvalue weighted by Crippen LogP contribution is -2.24. The average Bonchev–Trinajstić information content (AvgIpc) is 2.79. The van der Waals surface area contributed by atoms with Gasteiger partial charge in [0, 0.05) is 12.1 Å². The third-order valence-electron chi connectivity index (χ3n) is 3.58. The third kappa shape index (κ3) is 2.92. The Hall–Kier alpha value is -0.770. The molecule has 1 saturated carbocycles. The van der Waals surface area contributed by atoms with Crippen molar-refractivity contribution in [2.75, 3.05) is 11.1 Å². The van der Waals surface area contributed by atoms with Gasteiger partial charge in [0.25, 0.3) is 0 Å². The van der Waals surface area contributed by atoms with Crippen molar-refractivity contribution in [2.45, 2.75) is 38.6 Å². The van der Waals surface area contributed by atoms with Crippen LogP contribution in [-0.4, -0.2) is 6.04 Å². The Morgan fingerprint density at radius 3 is 2.71 bits per heavy atom. The Morgan fingerprint density at radius 1 is 1.41 bits per heavy atom. The molecule has 0 radical (unpaired) electrons. The fourth-order valence-electron chi connectivity index (χ4n) is 2.51. The second-order valence-electron chi connectivity index (χ2n) is 4.83. The van der Waals surface area contributed by atoms with Crippen LogP contribution in [0, 0.1) is 11.7 Å². The summed E-state index contributed by atoms with van der Waals surface area (Å²) >= 11 is 3.18. The molecule has 1 fully saturated rings. The van der Waals surface area contributed by atoms with Crippen molar-refractivity contribution in [1.29, 1.82) is 0 Å². The van der Waals surface area contributed by atoms with Gasteiger partial charge in [-0.2, -0.15) is 0 Å². The Labute approximate surface area is 110 Å². The standard InChI is InChI=1S/C13H18BrFN2/c1-8(9-4-2-3-5-9)17-13-6-10(14)11(15)7-12(13)16/h6-9,17H,2-5,16H2,1H3. The quantitative estimate of drug-likeness (QED) is 0.823. The molecule has 1 aromatic rings. The number of halogens is 2. The Bertz CT molecular complexity index is 403. The molecule has 0 aromatic heterocycles. The largest absolute Gasteiger partial charge is 0.397 e. The van der Waals surface area contributed by atoms with E-state index in [1.807, 2.05) is 0 Å². The number of anilines is 2. The van der Waals surface area contributed by atoms with Crippen molar-refractivity contribution in [3.05, 3.63) is 22.4 Å². The summed E-state index contributed by atoms with van der Waals surface area (Å²) in [7, 11) is 0. The third-order valence-corrected chi connectivity index (χ3v) is 4.19. The van der Waals surface area contributed by atoms with E-state index in [-0.39, 0.29) is 5.82 Å². The molecule has 17 heavy (non-hydrogen) atoms. The van der Waals surface area contributed by atoms with E-state index >= 15 is 0 Å². The zero-order valence-electron chi connectivity index (χ0n) is 9.97. The van der Waals surface area contributed by atoms with Crippen LogP contribution in [0.3, 0.4) is 0 Å². The lowest BCUT2D eigenvalue weighted by Gasteiger charge is -2.22. The summed E-state index contributed by atoms with van der Waals surface area (Å²) in [6.07, 6.45) is 5.19. The van der Waals surface area contributed by atoms with Crippen LogP contribution in [0.5, 0.6) is 0 Å². The second kappa shape index (κ2) is 5.25. The van der Waals surface area contributed by atoms with Gasteiger partial charge in [0.05, 0.1) is 15.8 Å². The Balaban J connectivity index is 2.09. The van der Waals surface area contributed by atoms with Crippen LogP contribution < -0.4 is 11.1 Å². The summed E-state index contributed by atoms with van der Waals surface area (Å²) in [6.45, 7) is 2.17. The summed E-state index contributed by atoms with van der Waals surface area (Å²) in [6, 6.07) is 3.46. The van der Waals surface area contributed by atoms with E-state index in [4.69, 9.17) is 5.73 Å². The maximum absolute atomic E-state index is 13.2. The van der Waals surface area contributed by atoms with E-state index in [9.17, 15) is 4.39 Å². The van der Waals surface area contributed by atoms with Crippen LogP contribution >= 0.6 is 15.9 Å². The molecule has 1 unspecified atom stereocenters. The van der Waals surface area contributed by atoms with Crippen molar-refractivity contribution in [3.8, 4) is 0 Å². The zero-order chi connectivity index (χ0) is 12.4. The molecule has 0 bridgehead atoms. The van der Waals surface area contributed by atoms with Gasteiger partial charge in [-0.05, 0) is 47.7 Å². The number of benzene rings is 1. The molecule has 3 N–H and O–H groups in total. The molecule has 0 spiro atoms. The van der Waals surface area contributed by atoms with Gasteiger partial charge in [-0.15, -0.1) is 0 Å². The minimum absolute atomic E-state index is 0.318. The second-order valence-corrected chi connectivity index (χ2v) is 5.69. The first-order valence-corrected chi connectivity index (χ1v) is 6.88. The van der Waals surface area contributed by atoms with Crippen LogP contribution in [0.1, 0.15) is 32.6 Å². The van der Waals surface area contributed by atoms with E-state index in [1.165, 1.54) is 31.7 Å². The highest BCUT2D eigenvalue weighted by Gasteiger charge is 2.22. The molecule has 0 saturated heterocycles. The lowest BCUT2D eigenvalue weighted by molar-refractivity contribution is 0.482. The number of nitrogens with one attached hydrogen (secondary N) is 1. The van der Waals surface area contributed by atoms with E-state index in [2.05, 4.69) is 28.2 Å². The normalized spacial score (nSPS) is 18.3. The van der Waals surface area contributed by atoms with Crippen molar-refractivity contribution < 1.29 is 4.39 Å². The van der Waals surface area contributed by atoms with Gasteiger partial charge in [0.1, 0.15) is 5.82 Å². The molecule has 1 aliphatic rings. The van der Waals surface area contributed by atoms with Gasteiger partial charge >= 0.3 is 0 Å². The number of hydrogen-bond donors (Lipinski definition) is 2. The van der Waals surface area contributed by atoms with Crippen LogP contribution in [0.2, 0.25) is 0 Å². The van der Waals surface area contributed by atoms with Gasteiger partial charge in [0.15, 0.2) is 0 Å². The van der Waals surface area contributed by atoms with Crippen molar-refractivity contribution >= 4 is 27.3 Å². The predicted molar refractivity (Wildman–Crippen MR) is 73.6 cm³/mol. The number of rotatable bonds is 3. The highest BCUT2D eigenvalue weighted by atomic mass is 79.9. The summed E-state index contributed by atoms with van der Waals surface area (Å²) < 4.78 is 13.7. The molecule has 2 rings (SSSR count). The molecule has 94 valence electrons. The fraction of sp³-hybridized carbons (Fsp3) is 0.538. The highest BCUT2D eigenvalue weighted by molar-refractivity contribution is 9.10. The minimum atomic E-state index is -0.318. The monoisotopic (exact) mass is 300 g/mol. The zero-order valence-corrected chi connectivity index (χ0v) is 11.6. The highest BCUT2D eigenvalue weighted by Crippen LogP contribution is 2.32. The first-order chi connectivity index (χ1) is 8.08.